The molecule has 0 saturated heterocycles. The molecule has 0 unspecified atom stereocenters. The molecule has 162 valence electrons. The van der Waals surface area contributed by atoms with Gasteiger partial charge in [-0.2, -0.15) is 0 Å². The lowest BCUT2D eigenvalue weighted by atomic mass is 9.81. The highest BCUT2D eigenvalue weighted by Crippen LogP contribution is 2.35. The summed E-state index contributed by atoms with van der Waals surface area (Å²) < 4.78 is 1.91. The van der Waals surface area contributed by atoms with E-state index in [1.807, 2.05) is 10.6 Å². The van der Waals surface area contributed by atoms with Gasteiger partial charge in [0.2, 0.25) is 0 Å². The molecule has 0 radical (unpaired) electrons. The Morgan fingerprint density at radius 1 is 0.871 bits per heavy atom. The Hall–Kier alpha value is -2.66. The van der Waals surface area contributed by atoms with Gasteiger partial charge in [0.15, 0.2) is 0 Å². The van der Waals surface area contributed by atoms with Crippen LogP contribution in [0.2, 0.25) is 0 Å². The molecule has 1 aromatic heterocycles. The number of imidazole rings is 1. The Morgan fingerprint density at radius 3 is 2.23 bits per heavy atom. The number of fused-ring (bicyclic) bond motifs is 1. The van der Waals surface area contributed by atoms with Crippen molar-refractivity contribution in [3.63, 3.8) is 0 Å². The lowest BCUT2D eigenvalue weighted by Gasteiger charge is -2.35. The van der Waals surface area contributed by atoms with Crippen LogP contribution in [0.5, 0.6) is 0 Å². The largest absolute Gasteiger partial charge is 0.326 e. The van der Waals surface area contributed by atoms with Crippen LogP contribution >= 0.6 is 0 Å². The highest BCUT2D eigenvalue weighted by atomic mass is 16.1. The molecular weight excluding hydrogens is 386 g/mol. The van der Waals surface area contributed by atoms with E-state index in [4.69, 9.17) is 0 Å². The van der Waals surface area contributed by atoms with Gasteiger partial charge in [-0.3, -0.25) is 9.36 Å². The fraction of sp³-hybridized carbons (Fsp3) is 0.462. The van der Waals surface area contributed by atoms with E-state index in [1.165, 1.54) is 31.2 Å². The van der Waals surface area contributed by atoms with Crippen LogP contribution in [0.1, 0.15) is 79.2 Å². The minimum absolute atomic E-state index is 0.0614. The second-order valence-corrected chi connectivity index (χ2v) is 9.33. The number of rotatable bonds is 5. The zero-order valence-electron chi connectivity index (χ0n) is 17.9. The summed E-state index contributed by atoms with van der Waals surface area (Å²) in [4.78, 5) is 26.5. The molecule has 2 N–H and O–H groups in total. The molecule has 0 bridgehead atoms. The van der Waals surface area contributed by atoms with Gasteiger partial charge in [-0.25, -0.2) is 4.79 Å². The average molecular weight is 418 g/mol. The molecule has 2 aromatic carbocycles. The smallest absolute Gasteiger partial charge is 0.311 e. The van der Waals surface area contributed by atoms with Crippen molar-refractivity contribution in [2.75, 3.05) is 0 Å². The van der Waals surface area contributed by atoms with Gasteiger partial charge in [-0.1, -0.05) is 30.3 Å². The van der Waals surface area contributed by atoms with Crippen LogP contribution in [0.4, 0.5) is 0 Å². The first-order valence-corrected chi connectivity index (χ1v) is 11.7. The van der Waals surface area contributed by atoms with Gasteiger partial charge in [0.05, 0.1) is 11.0 Å². The van der Waals surface area contributed by atoms with E-state index in [0.717, 1.165) is 43.0 Å². The van der Waals surface area contributed by atoms with Crippen molar-refractivity contribution in [3.8, 4) is 0 Å². The van der Waals surface area contributed by atoms with Crippen LogP contribution in [-0.4, -0.2) is 27.9 Å². The fourth-order valence-electron chi connectivity index (χ4n) is 5.74. The summed E-state index contributed by atoms with van der Waals surface area (Å²) in [5.41, 5.74) is 3.69. The highest BCUT2D eigenvalue weighted by molar-refractivity contribution is 5.84. The number of nitrogens with zero attached hydrogens (tertiary/aromatic N) is 1. The van der Waals surface area contributed by atoms with Crippen molar-refractivity contribution < 1.29 is 4.79 Å². The first-order chi connectivity index (χ1) is 15.2. The van der Waals surface area contributed by atoms with Gasteiger partial charge < -0.3 is 10.3 Å². The molecule has 0 amide bonds. The second kappa shape index (κ2) is 8.83. The summed E-state index contributed by atoms with van der Waals surface area (Å²) in [7, 11) is 0. The van der Waals surface area contributed by atoms with Crippen LogP contribution in [0, 0.1) is 0 Å². The van der Waals surface area contributed by atoms with Gasteiger partial charge in [0.1, 0.15) is 6.29 Å². The topological polar surface area (TPSA) is 66.9 Å². The summed E-state index contributed by atoms with van der Waals surface area (Å²) in [6.45, 7) is 0. The molecule has 3 aromatic rings. The summed E-state index contributed by atoms with van der Waals surface area (Å²) in [5, 5.41) is 3.93. The first-order valence-electron chi connectivity index (χ1n) is 11.7. The van der Waals surface area contributed by atoms with E-state index >= 15 is 0 Å². The maximum atomic E-state index is 12.6. The number of hydrogen-bond acceptors (Lipinski definition) is 3. The minimum atomic E-state index is -0.0614. The number of benzene rings is 2. The predicted molar refractivity (Wildman–Crippen MR) is 124 cm³/mol. The van der Waals surface area contributed by atoms with Crippen molar-refractivity contribution in [1.82, 2.24) is 14.9 Å². The zero-order valence-corrected chi connectivity index (χ0v) is 17.9. The molecule has 2 fully saturated rings. The minimum Gasteiger partial charge on any atom is -0.311 e. The van der Waals surface area contributed by atoms with Gasteiger partial charge in [-0.05, 0) is 81.0 Å². The molecule has 2 aliphatic carbocycles. The number of aromatic nitrogens is 2. The monoisotopic (exact) mass is 417 g/mol. The number of aromatic amines is 1. The van der Waals surface area contributed by atoms with Gasteiger partial charge >= 0.3 is 5.69 Å². The summed E-state index contributed by atoms with van der Waals surface area (Å²) in [6.07, 6.45) is 10.1. The second-order valence-electron chi connectivity index (χ2n) is 9.33. The molecule has 0 atom stereocenters. The van der Waals surface area contributed by atoms with Crippen molar-refractivity contribution in [2.24, 2.45) is 0 Å². The Kier molecular flexibility index (Phi) is 5.77. The molecule has 2 saturated carbocycles. The highest BCUT2D eigenvalue weighted by Gasteiger charge is 2.28. The lowest BCUT2D eigenvalue weighted by Crippen LogP contribution is -2.42. The molecule has 5 nitrogen and oxygen atoms in total. The average Bonchev–Trinajstić information content (AvgIpc) is 3.15. The third kappa shape index (κ3) is 4.24. The molecular formula is C26H31N3O2. The third-order valence-electron chi connectivity index (χ3n) is 7.41. The third-order valence-corrected chi connectivity index (χ3v) is 7.41. The Balaban J connectivity index is 1.16. The fourth-order valence-corrected chi connectivity index (χ4v) is 5.74. The standard InChI is InChI=1S/C26H31N3O2/c30-17-18-6-15-25-24(16-18)28-26(31)29(25)23-13-11-22(12-14-23)27-21-9-7-20(8-10-21)19-4-2-1-3-5-19/h1-6,15-17,20-23,27H,7-14H2,(H,28,31). The molecule has 0 spiro atoms. The zero-order chi connectivity index (χ0) is 21.2. The number of carbonyl (C=O) groups excluding carboxylic acids is 1. The lowest BCUT2D eigenvalue weighted by molar-refractivity contribution is 0.112. The maximum absolute atomic E-state index is 12.6. The van der Waals surface area contributed by atoms with E-state index in [-0.39, 0.29) is 11.7 Å². The maximum Gasteiger partial charge on any atom is 0.326 e. The van der Waals surface area contributed by atoms with Crippen LogP contribution in [0.25, 0.3) is 11.0 Å². The van der Waals surface area contributed by atoms with Gasteiger partial charge in [-0.15, -0.1) is 0 Å². The SMILES string of the molecule is O=Cc1ccc2c(c1)[nH]c(=O)n2C1CCC(NC2CCC(c3ccccc3)CC2)CC1. The van der Waals surface area contributed by atoms with Gasteiger partial charge in [0.25, 0.3) is 0 Å². The molecule has 5 rings (SSSR count). The Morgan fingerprint density at radius 2 is 1.55 bits per heavy atom. The van der Waals surface area contributed by atoms with E-state index in [1.54, 1.807) is 12.1 Å². The summed E-state index contributed by atoms with van der Waals surface area (Å²) in [5.74, 6) is 0.712. The van der Waals surface area contributed by atoms with E-state index in [0.29, 0.717) is 23.6 Å². The van der Waals surface area contributed by atoms with Crippen LogP contribution in [0.15, 0.2) is 53.3 Å². The van der Waals surface area contributed by atoms with Crippen molar-refractivity contribution in [3.05, 3.63) is 70.1 Å². The van der Waals surface area contributed by atoms with Crippen molar-refractivity contribution in [1.29, 1.82) is 0 Å². The summed E-state index contributed by atoms with van der Waals surface area (Å²) in [6, 6.07) is 17.8. The van der Waals surface area contributed by atoms with Crippen LogP contribution in [0.3, 0.4) is 0 Å². The number of nitrogens with one attached hydrogen (secondary N) is 2. The van der Waals surface area contributed by atoms with Crippen molar-refractivity contribution >= 4 is 17.3 Å². The van der Waals surface area contributed by atoms with E-state index in [9.17, 15) is 9.59 Å². The Bertz CT molecular complexity index is 1080. The molecule has 5 heteroatoms. The predicted octanol–water partition coefficient (Wildman–Crippen LogP) is 4.94. The van der Waals surface area contributed by atoms with E-state index in [2.05, 4.69) is 40.6 Å². The Labute approximate surface area is 182 Å². The number of hydrogen-bond donors (Lipinski definition) is 2. The summed E-state index contributed by atoms with van der Waals surface area (Å²) >= 11 is 0. The molecule has 0 aliphatic heterocycles. The molecule has 31 heavy (non-hydrogen) atoms. The van der Waals surface area contributed by atoms with Crippen molar-refractivity contribution in [2.45, 2.75) is 75.4 Å². The number of H-pyrrole nitrogens is 1. The van der Waals surface area contributed by atoms with Crippen LogP contribution in [-0.2, 0) is 0 Å². The van der Waals surface area contributed by atoms with Gasteiger partial charge in [0, 0.05) is 23.7 Å². The van der Waals surface area contributed by atoms with E-state index < -0.39 is 0 Å². The molecule has 1 heterocycles. The number of carbonyl (C=O) groups is 1. The number of aldehydes is 1. The normalized spacial score (nSPS) is 26.7. The molecule has 2 aliphatic rings. The van der Waals surface area contributed by atoms with Crippen LogP contribution < -0.4 is 11.0 Å². The first kappa shape index (κ1) is 20.3. The quantitative estimate of drug-likeness (QED) is 0.578.